The molecular formula is C13H24O11. The molecule has 0 aromatic carbocycles. The molecule has 142 valence electrons. The summed E-state index contributed by atoms with van der Waals surface area (Å²) >= 11 is 0. The summed E-state index contributed by atoms with van der Waals surface area (Å²) in [5.74, 6) is 0. The van der Waals surface area contributed by atoms with Crippen molar-refractivity contribution in [2.75, 3.05) is 26.4 Å². The summed E-state index contributed by atoms with van der Waals surface area (Å²) in [5, 5.41) is 76.5. The zero-order valence-corrected chi connectivity index (χ0v) is 12.7. The molecule has 8 N–H and O–H groups in total. The molecule has 0 spiro atoms. The highest BCUT2D eigenvalue weighted by molar-refractivity contribution is 4.99. The van der Waals surface area contributed by atoms with Gasteiger partial charge in [-0.1, -0.05) is 0 Å². The van der Waals surface area contributed by atoms with E-state index < -0.39 is 74.4 Å². The Bertz CT molecular complexity index is 407. The van der Waals surface area contributed by atoms with Crippen molar-refractivity contribution in [1.29, 1.82) is 0 Å². The zero-order chi connectivity index (χ0) is 18.1. The Hall–Kier alpha value is -0.440. The van der Waals surface area contributed by atoms with E-state index in [1.807, 2.05) is 0 Å². The van der Waals surface area contributed by atoms with Crippen LogP contribution in [0, 0.1) is 0 Å². The van der Waals surface area contributed by atoms with Gasteiger partial charge in [-0.25, -0.2) is 0 Å². The summed E-state index contributed by atoms with van der Waals surface area (Å²) in [7, 11) is 0. The maximum absolute atomic E-state index is 9.86. The van der Waals surface area contributed by atoms with E-state index in [9.17, 15) is 35.7 Å². The Morgan fingerprint density at radius 3 is 1.96 bits per heavy atom. The van der Waals surface area contributed by atoms with Gasteiger partial charge in [0.2, 0.25) is 0 Å². The molecular weight excluding hydrogens is 332 g/mol. The van der Waals surface area contributed by atoms with Crippen LogP contribution in [-0.2, 0) is 14.2 Å². The lowest BCUT2D eigenvalue weighted by atomic mass is 9.95. The Balaban J connectivity index is 1.93. The van der Waals surface area contributed by atoms with Crippen molar-refractivity contribution in [2.24, 2.45) is 0 Å². The third-order valence-electron chi connectivity index (χ3n) is 4.40. The van der Waals surface area contributed by atoms with Crippen molar-refractivity contribution in [2.45, 2.75) is 54.6 Å². The fourth-order valence-corrected chi connectivity index (χ4v) is 2.81. The SMILES string of the molecule is OCC1O[C@@H](COC[C@]2(CO)O[C@@H](O)C(O)[C@H]2O)C(O)[C@@H](O)[C@H]1O. The Morgan fingerprint density at radius 1 is 0.833 bits per heavy atom. The third kappa shape index (κ3) is 3.57. The standard InChI is InChI=1S/C13H24O11/c14-1-5-7(16)9(18)8(17)6(23-5)2-22-4-13(3-15)11(20)10(19)12(21)24-13/h5-12,14-21H,1-4H2/t5?,6-,7-,8?,9-,10?,11+,12+,13-/m0/s1. The zero-order valence-electron chi connectivity index (χ0n) is 12.7. The molecule has 0 bridgehead atoms. The molecule has 11 heteroatoms. The molecule has 0 aromatic rings. The normalized spacial score (nSPS) is 49.5. The molecule has 0 radical (unpaired) electrons. The van der Waals surface area contributed by atoms with Gasteiger partial charge >= 0.3 is 0 Å². The van der Waals surface area contributed by atoms with Crippen molar-refractivity contribution in [3.63, 3.8) is 0 Å². The van der Waals surface area contributed by atoms with Gasteiger partial charge in [0.1, 0.15) is 48.3 Å². The van der Waals surface area contributed by atoms with Crippen LogP contribution >= 0.6 is 0 Å². The number of aliphatic hydroxyl groups excluding tert-OH is 8. The van der Waals surface area contributed by atoms with Gasteiger partial charge in [0, 0.05) is 0 Å². The number of aliphatic hydroxyl groups is 8. The van der Waals surface area contributed by atoms with Crippen LogP contribution in [0.4, 0.5) is 0 Å². The first-order chi connectivity index (χ1) is 11.3. The molecule has 24 heavy (non-hydrogen) atoms. The van der Waals surface area contributed by atoms with E-state index in [4.69, 9.17) is 19.3 Å². The summed E-state index contributed by atoms with van der Waals surface area (Å²) in [6.07, 6.45) is -11.6. The number of hydrogen-bond acceptors (Lipinski definition) is 11. The molecule has 0 saturated carbocycles. The number of ether oxygens (including phenoxy) is 3. The van der Waals surface area contributed by atoms with E-state index in [1.54, 1.807) is 0 Å². The van der Waals surface area contributed by atoms with Crippen LogP contribution in [0.15, 0.2) is 0 Å². The predicted molar refractivity (Wildman–Crippen MR) is 73.5 cm³/mol. The molecule has 9 atom stereocenters. The Kier molecular flexibility index (Phi) is 6.50. The van der Waals surface area contributed by atoms with Gasteiger partial charge in [0.05, 0.1) is 26.4 Å². The first kappa shape index (κ1) is 19.9. The highest BCUT2D eigenvalue weighted by Gasteiger charge is 2.54. The maximum atomic E-state index is 9.86. The van der Waals surface area contributed by atoms with Gasteiger partial charge in [0.15, 0.2) is 6.29 Å². The lowest BCUT2D eigenvalue weighted by Gasteiger charge is -2.40. The quantitative estimate of drug-likeness (QED) is 0.227. The van der Waals surface area contributed by atoms with Gasteiger partial charge in [0.25, 0.3) is 0 Å². The van der Waals surface area contributed by atoms with Crippen LogP contribution in [0.5, 0.6) is 0 Å². The topological polar surface area (TPSA) is 190 Å². The summed E-state index contributed by atoms with van der Waals surface area (Å²) in [6.45, 7) is -2.11. The van der Waals surface area contributed by atoms with E-state index in [2.05, 4.69) is 0 Å². The van der Waals surface area contributed by atoms with Crippen molar-refractivity contribution < 1.29 is 55.1 Å². The van der Waals surface area contributed by atoms with Gasteiger partial charge in [-0.15, -0.1) is 0 Å². The minimum absolute atomic E-state index is 0.328. The van der Waals surface area contributed by atoms with E-state index in [1.165, 1.54) is 0 Å². The van der Waals surface area contributed by atoms with Crippen LogP contribution in [0.25, 0.3) is 0 Å². The van der Waals surface area contributed by atoms with Crippen molar-refractivity contribution in [1.82, 2.24) is 0 Å². The molecule has 2 rings (SSSR count). The maximum Gasteiger partial charge on any atom is 0.184 e. The predicted octanol–water partition coefficient (Wildman–Crippen LogP) is -5.35. The van der Waals surface area contributed by atoms with Crippen LogP contribution < -0.4 is 0 Å². The first-order valence-corrected chi connectivity index (χ1v) is 7.48. The second kappa shape index (κ2) is 7.85. The van der Waals surface area contributed by atoms with Crippen LogP contribution in [-0.4, -0.2) is 122 Å². The molecule has 11 nitrogen and oxygen atoms in total. The number of rotatable bonds is 6. The highest BCUT2D eigenvalue weighted by Crippen LogP contribution is 2.31. The fraction of sp³-hybridized carbons (Fsp3) is 1.00. The van der Waals surface area contributed by atoms with Gasteiger partial charge in [-0.2, -0.15) is 0 Å². The molecule has 0 amide bonds. The highest BCUT2D eigenvalue weighted by atomic mass is 16.7. The third-order valence-corrected chi connectivity index (χ3v) is 4.40. The smallest absolute Gasteiger partial charge is 0.184 e. The molecule has 2 saturated heterocycles. The fourth-order valence-electron chi connectivity index (χ4n) is 2.81. The summed E-state index contributed by atoms with van der Waals surface area (Å²) in [4.78, 5) is 0. The van der Waals surface area contributed by atoms with Crippen LogP contribution in [0.2, 0.25) is 0 Å². The Morgan fingerprint density at radius 2 is 1.46 bits per heavy atom. The Labute approximate surface area is 137 Å². The minimum Gasteiger partial charge on any atom is -0.394 e. The molecule has 2 aliphatic rings. The van der Waals surface area contributed by atoms with Gasteiger partial charge in [-0.3, -0.25) is 0 Å². The summed E-state index contributed by atoms with van der Waals surface area (Å²) < 4.78 is 15.4. The average Bonchev–Trinajstić information content (AvgIpc) is 2.79. The van der Waals surface area contributed by atoms with E-state index >= 15 is 0 Å². The lowest BCUT2D eigenvalue weighted by molar-refractivity contribution is -0.246. The summed E-state index contributed by atoms with van der Waals surface area (Å²) in [6, 6.07) is 0. The van der Waals surface area contributed by atoms with E-state index in [-0.39, 0.29) is 6.61 Å². The van der Waals surface area contributed by atoms with Gasteiger partial charge < -0.3 is 55.1 Å². The minimum atomic E-state index is -1.76. The molecule has 0 aromatic heterocycles. The second-order valence-corrected chi connectivity index (χ2v) is 6.05. The van der Waals surface area contributed by atoms with E-state index in [0.717, 1.165) is 0 Å². The largest absolute Gasteiger partial charge is 0.394 e. The van der Waals surface area contributed by atoms with Crippen LogP contribution in [0.3, 0.4) is 0 Å². The van der Waals surface area contributed by atoms with Crippen molar-refractivity contribution in [3.8, 4) is 0 Å². The second-order valence-electron chi connectivity index (χ2n) is 6.05. The molecule has 3 unspecified atom stereocenters. The molecule has 2 aliphatic heterocycles. The lowest BCUT2D eigenvalue weighted by Crippen LogP contribution is -2.60. The monoisotopic (exact) mass is 356 g/mol. The summed E-state index contributed by atoms with van der Waals surface area (Å²) in [5.41, 5.74) is -1.76. The molecule has 0 aliphatic carbocycles. The van der Waals surface area contributed by atoms with E-state index in [0.29, 0.717) is 0 Å². The first-order valence-electron chi connectivity index (χ1n) is 7.48. The van der Waals surface area contributed by atoms with Crippen molar-refractivity contribution >= 4 is 0 Å². The van der Waals surface area contributed by atoms with Gasteiger partial charge in [-0.05, 0) is 0 Å². The average molecular weight is 356 g/mol. The van der Waals surface area contributed by atoms with Crippen LogP contribution in [0.1, 0.15) is 0 Å². The number of hydrogen-bond donors (Lipinski definition) is 8. The van der Waals surface area contributed by atoms with Crippen molar-refractivity contribution in [3.05, 3.63) is 0 Å². The molecule has 2 heterocycles. The molecule has 2 fully saturated rings.